The molecule has 0 spiro atoms. The number of hydrogen-bond donors (Lipinski definition) is 1. The van der Waals surface area contributed by atoms with Gasteiger partial charge in [-0.15, -0.1) is 0 Å². The van der Waals surface area contributed by atoms with Crippen LogP contribution in [0.4, 0.5) is 5.69 Å². The third kappa shape index (κ3) is 7.47. The van der Waals surface area contributed by atoms with E-state index in [-0.39, 0.29) is 6.61 Å². The van der Waals surface area contributed by atoms with Crippen molar-refractivity contribution >= 4 is 55.4 Å². The predicted molar refractivity (Wildman–Crippen MR) is 150 cm³/mol. The zero-order chi connectivity index (χ0) is 27.2. The van der Waals surface area contributed by atoms with Gasteiger partial charge in [0.15, 0.2) is 11.5 Å². The number of hydrazone groups is 1. The maximum atomic E-state index is 12.6. The van der Waals surface area contributed by atoms with Crippen LogP contribution < -0.4 is 19.2 Å². The summed E-state index contributed by atoms with van der Waals surface area (Å²) >= 11 is 9.69. The summed E-state index contributed by atoms with van der Waals surface area (Å²) in [4.78, 5) is 12.6. The molecule has 1 N–H and O–H groups in total. The highest BCUT2D eigenvalue weighted by Gasteiger charge is 2.23. The lowest BCUT2D eigenvalue weighted by Crippen LogP contribution is -2.39. The van der Waals surface area contributed by atoms with Crippen LogP contribution in [0.2, 0.25) is 5.02 Å². The molecule has 0 atom stereocenters. The summed E-state index contributed by atoms with van der Waals surface area (Å²) in [6.07, 6.45) is 2.49. The van der Waals surface area contributed by atoms with Crippen molar-refractivity contribution in [1.82, 2.24) is 5.43 Å². The Balaban J connectivity index is 1.72. The van der Waals surface area contributed by atoms with Gasteiger partial charge in [-0.2, -0.15) is 5.10 Å². The molecule has 3 aromatic rings. The number of amides is 1. The van der Waals surface area contributed by atoms with E-state index < -0.39 is 22.5 Å². The largest absolute Gasteiger partial charge is 0.493 e. The summed E-state index contributed by atoms with van der Waals surface area (Å²) in [5.41, 5.74) is 5.80. The molecule has 3 aromatic carbocycles. The summed E-state index contributed by atoms with van der Waals surface area (Å²) in [5.74, 6) is 0.350. The van der Waals surface area contributed by atoms with Gasteiger partial charge in [0.1, 0.15) is 13.2 Å². The molecule has 0 radical (unpaired) electrons. The molecule has 0 saturated carbocycles. The Morgan fingerprint density at radius 1 is 1.14 bits per heavy atom. The molecule has 0 saturated heterocycles. The van der Waals surface area contributed by atoms with Gasteiger partial charge in [-0.25, -0.2) is 13.8 Å². The van der Waals surface area contributed by atoms with Gasteiger partial charge in [-0.1, -0.05) is 48.0 Å². The molecule has 1 amide bonds. The molecule has 0 aliphatic rings. The number of carbonyl (C=O) groups is 1. The quantitative estimate of drug-likeness (QED) is 0.251. The van der Waals surface area contributed by atoms with Crippen LogP contribution in [0, 0.1) is 13.8 Å². The molecule has 0 aromatic heterocycles. The van der Waals surface area contributed by atoms with E-state index in [9.17, 15) is 13.2 Å². The van der Waals surface area contributed by atoms with Crippen LogP contribution in [-0.4, -0.2) is 40.4 Å². The van der Waals surface area contributed by atoms with Crippen LogP contribution in [0.3, 0.4) is 0 Å². The zero-order valence-corrected chi connectivity index (χ0v) is 23.9. The maximum absolute atomic E-state index is 12.6. The summed E-state index contributed by atoms with van der Waals surface area (Å²) < 4.78 is 38.0. The fourth-order valence-corrected chi connectivity index (χ4v) is 5.36. The number of benzene rings is 3. The molecule has 11 heteroatoms. The molecule has 0 bridgehead atoms. The van der Waals surface area contributed by atoms with E-state index in [1.54, 1.807) is 44.2 Å². The first-order valence-corrected chi connectivity index (χ1v) is 14.1. The van der Waals surface area contributed by atoms with Gasteiger partial charge in [0.2, 0.25) is 10.0 Å². The van der Waals surface area contributed by atoms with Crippen LogP contribution in [0.15, 0.2) is 64.2 Å². The highest BCUT2D eigenvalue weighted by atomic mass is 79.9. The second kappa shape index (κ2) is 12.4. The van der Waals surface area contributed by atoms with Crippen LogP contribution in [-0.2, 0) is 21.4 Å². The number of sulfonamides is 1. The van der Waals surface area contributed by atoms with Gasteiger partial charge in [0.05, 0.1) is 29.7 Å². The van der Waals surface area contributed by atoms with Crippen molar-refractivity contribution in [2.24, 2.45) is 5.10 Å². The van der Waals surface area contributed by atoms with Crippen molar-refractivity contribution in [1.29, 1.82) is 0 Å². The fraction of sp³-hybridized carbons (Fsp3) is 0.231. The lowest BCUT2D eigenvalue weighted by Gasteiger charge is -2.25. The highest BCUT2D eigenvalue weighted by Crippen LogP contribution is 2.37. The Morgan fingerprint density at radius 2 is 1.81 bits per heavy atom. The molecule has 37 heavy (non-hydrogen) atoms. The summed E-state index contributed by atoms with van der Waals surface area (Å²) in [6, 6.07) is 16.3. The first-order valence-electron chi connectivity index (χ1n) is 11.1. The number of rotatable bonds is 10. The number of nitrogens with one attached hydrogen (secondary N) is 1. The molecular weight excluding hydrogens is 582 g/mol. The number of methoxy groups -OCH3 is 1. The van der Waals surface area contributed by atoms with Gasteiger partial charge >= 0.3 is 0 Å². The summed E-state index contributed by atoms with van der Waals surface area (Å²) in [7, 11) is -2.19. The van der Waals surface area contributed by atoms with E-state index in [1.807, 2.05) is 24.3 Å². The van der Waals surface area contributed by atoms with E-state index in [1.165, 1.54) is 13.3 Å². The average molecular weight is 609 g/mol. The number of carbonyl (C=O) groups excluding carboxylic acids is 1. The van der Waals surface area contributed by atoms with Gasteiger partial charge in [0.25, 0.3) is 5.91 Å². The third-order valence-electron chi connectivity index (χ3n) is 5.36. The van der Waals surface area contributed by atoms with Crippen LogP contribution in [0.25, 0.3) is 0 Å². The maximum Gasteiger partial charge on any atom is 0.260 e. The predicted octanol–water partition coefficient (Wildman–Crippen LogP) is 5.22. The number of nitrogens with zero attached hydrogens (tertiary/aromatic N) is 2. The number of halogens is 2. The Hall–Kier alpha value is -3.08. The van der Waals surface area contributed by atoms with Crippen LogP contribution in [0.5, 0.6) is 11.5 Å². The topological polar surface area (TPSA) is 97.3 Å². The van der Waals surface area contributed by atoms with Crippen molar-refractivity contribution in [2.75, 3.05) is 24.2 Å². The minimum absolute atomic E-state index is 0.245. The number of anilines is 1. The normalized spacial score (nSPS) is 11.4. The average Bonchev–Trinajstić information content (AvgIpc) is 2.82. The molecule has 3 rings (SSSR count). The fourth-order valence-electron chi connectivity index (χ4n) is 3.63. The Kier molecular flexibility index (Phi) is 9.58. The van der Waals surface area contributed by atoms with Gasteiger partial charge in [0, 0.05) is 10.6 Å². The van der Waals surface area contributed by atoms with Crippen molar-refractivity contribution < 1.29 is 22.7 Å². The lowest BCUT2D eigenvalue weighted by molar-refractivity contribution is -0.119. The first kappa shape index (κ1) is 28.5. The van der Waals surface area contributed by atoms with Gasteiger partial charge in [-0.3, -0.25) is 9.10 Å². The second-order valence-electron chi connectivity index (χ2n) is 8.22. The number of hydrogen-bond acceptors (Lipinski definition) is 6. The van der Waals surface area contributed by atoms with Gasteiger partial charge < -0.3 is 9.47 Å². The highest BCUT2D eigenvalue weighted by molar-refractivity contribution is 9.10. The Bertz CT molecular complexity index is 1410. The zero-order valence-electron chi connectivity index (χ0n) is 20.8. The Labute approximate surface area is 230 Å². The second-order valence-corrected chi connectivity index (χ2v) is 11.4. The van der Waals surface area contributed by atoms with Crippen molar-refractivity contribution in [3.8, 4) is 11.5 Å². The molecule has 196 valence electrons. The van der Waals surface area contributed by atoms with E-state index in [2.05, 4.69) is 26.5 Å². The van der Waals surface area contributed by atoms with E-state index in [0.29, 0.717) is 32.2 Å². The van der Waals surface area contributed by atoms with Crippen molar-refractivity contribution in [3.05, 3.63) is 86.3 Å². The smallest absolute Gasteiger partial charge is 0.260 e. The molecule has 0 heterocycles. The summed E-state index contributed by atoms with van der Waals surface area (Å²) in [6.45, 7) is 3.42. The van der Waals surface area contributed by atoms with E-state index in [0.717, 1.165) is 27.3 Å². The van der Waals surface area contributed by atoms with E-state index >= 15 is 0 Å². The molecule has 8 nitrogen and oxygen atoms in total. The molecule has 0 aliphatic carbocycles. The van der Waals surface area contributed by atoms with Crippen molar-refractivity contribution in [3.63, 3.8) is 0 Å². The lowest BCUT2D eigenvalue weighted by atomic mass is 10.1. The van der Waals surface area contributed by atoms with Crippen LogP contribution >= 0.6 is 27.5 Å². The number of aryl methyl sites for hydroxylation is 2. The van der Waals surface area contributed by atoms with E-state index in [4.69, 9.17) is 21.1 Å². The van der Waals surface area contributed by atoms with Gasteiger partial charge in [-0.05, 0) is 64.7 Å². The Morgan fingerprint density at radius 3 is 2.43 bits per heavy atom. The molecule has 0 fully saturated rings. The molecule has 0 aliphatic heterocycles. The number of ether oxygens (including phenoxy) is 2. The monoisotopic (exact) mass is 607 g/mol. The third-order valence-corrected chi connectivity index (χ3v) is 7.43. The number of para-hydroxylation sites is 1. The van der Waals surface area contributed by atoms with Crippen molar-refractivity contribution in [2.45, 2.75) is 20.5 Å². The molecule has 0 unspecified atom stereocenters. The standard InChI is InChI=1S/C26H27BrClN3O5S/c1-17-8-7-9-18(2)25(17)31(37(4,33)34)15-24(32)30-29-14-19-12-21(27)26(23(13-19)35-3)36-16-20-10-5-6-11-22(20)28/h5-14H,15-16H2,1-4H3,(H,30,32)/b29-14-. The SMILES string of the molecule is COc1cc(/C=N\NC(=O)CN(c2c(C)cccc2C)S(C)(=O)=O)cc(Br)c1OCc1ccccc1Cl. The molecular formula is C26H27BrClN3O5S. The first-order chi connectivity index (χ1) is 17.5. The minimum Gasteiger partial charge on any atom is -0.493 e. The summed E-state index contributed by atoms with van der Waals surface area (Å²) in [5, 5.41) is 4.59. The van der Waals surface area contributed by atoms with Crippen LogP contribution in [0.1, 0.15) is 22.3 Å². The minimum atomic E-state index is -3.71.